The van der Waals surface area contributed by atoms with E-state index in [1.807, 2.05) is 4.90 Å². The van der Waals surface area contributed by atoms with Crippen LogP contribution in [0, 0.1) is 10.1 Å². The van der Waals surface area contributed by atoms with Gasteiger partial charge >= 0.3 is 0 Å². The second-order valence-corrected chi connectivity index (χ2v) is 11.1. The largest absolute Gasteiger partial charge is 0.481 e. The summed E-state index contributed by atoms with van der Waals surface area (Å²) in [4.78, 5) is 35.9. The van der Waals surface area contributed by atoms with Crippen LogP contribution in [0.4, 0.5) is 22.2 Å². The van der Waals surface area contributed by atoms with Crippen LogP contribution in [0.1, 0.15) is 11.8 Å². The van der Waals surface area contributed by atoms with Gasteiger partial charge in [-0.3, -0.25) is 33.6 Å². The second-order valence-electron chi connectivity index (χ2n) is 8.22. The van der Waals surface area contributed by atoms with E-state index in [2.05, 4.69) is 24.9 Å². The molecule has 15 heteroatoms. The van der Waals surface area contributed by atoms with Gasteiger partial charge in [0, 0.05) is 62.9 Å². The highest BCUT2D eigenvalue weighted by atomic mass is 32.3. The van der Waals surface area contributed by atoms with Gasteiger partial charge in [-0.2, -0.15) is 0 Å². The number of pyridine rings is 1. The molecule has 1 fully saturated rings. The van der Waals surface area contributed by atoms with E-state index in [0.717, 1.165) is 4.88 Å². The first-order valence-corrected chi connectivity index (χ1v) is 13.5. The van der Waals surface area contributed by atoms with E-state index in [9.17, 15) is 24.0 Å². The van der Waals surface area contributed by atoms with Crippen molar-refractivity contribution in [2.75, 3.05) is 48.2 Å². The number of nitrogens with one attached hydrogen (secondary N) is 2. The van der Waals surface area contributed by atoms with Gasteiger partial charge in [-0.25, -0.2) is 9.97 Å². The molecule has 0 aliphatic carbocycles. The van der Waals surface area contributed by atoms with E-state index < -0.39 is 15.7 Å². The van der Waals surface area contributed by atoms with Crippen molar-refractivity contribution in [3.8, 4) is 5.88 Å². The number of methoxy groups -OCH3 is 1. The van der Waals surface area contributed by atoms with Crippen LogP contribution in [0.25, 0.3) is 0 Å². The molecule has 13 nitrogen and oxygen atoms in total. The molecular formula is C22H27N7O6S2. The molecule has 3 aromatic rings. The van der Waals surface area contributed by atoms with Gasteiger partial charge in [-0.05, 0) is 18.2 Å². The molecule has 3 heterocycles. The molecule has 4 rings (SSSR count). The van der Waals surface area contributed by atoms with Crippen LogP contribution in [0.5, 0.6) is 5.88 Å². The topological polar surface area (TPSA) is 166 Å². The van der Waals surface area contributed by atoms with Crippen molar-refractivity contribution in [1.82, 2.24) is 14.9 Å². The lowest BCUT2D eigenvalue weighted by Gasteiger charge is -2.36. The molecule has 0 spiro atoms. The van der Waals surface area contributed by atoms with E-state index in [1.54, 1.807) is 24.4 Å². The van der Waals surface area contributed by atoms with Crippen molar-refractivity contribution < 1.29 is 23.6 Å². The van der Waals surface area contributed by atoms with Crippen LogP contribution in [-0.4, -0.2) is 68.1 Å². The zero-order valence-electron chi connectivity index (χ0n) is 20.2. The minimum absolute atomic E-state index is 0.00225. The van der Waals surface area contributed by atoms with Crippen LogP contribution in [0.3, 0.4) is 0 Å². The molecule has 198 valence electrons. The summed E-state index contributed by atoms with van der Waals surface area (Å²) in [6, 6.07) is 7.35. The van der Waals surface area contributed by atoms with Crippen molar-refractivity contribution >= 4 is 50.2 Å². The summed E-state index contributed by atoms with van der Waals surface area (Å²) in [6.07, 6.45) is 3.11. The average Bonchev–Trinajstić information content (AvgIpc) is 3.30. The zero-order valence-corrected chi connectivity index (χ0v) is 21.8. The molecule has 0 radical (unpaired) electrons. The monoisotopic (exact) mass is 549 g/mol. The zero-order chi connectivity index (χ0) is 26.6. The second kappa shape index (κ2) is 11.3. The van der Waals surface area contributed by atoms with Crippen LogP contribution in [0.2, 0.25) is 0 Å². The number of hydrogen-bond acceptors (Lipinski definition) is 12. The third-order valence-corrected chi connectivity index (χ3v) is 7.94. The summed E-state index contributed by atoms with van der Waals surface area (Å²) in [5.74, 6) is 0.195. The summed E-state index contributed by atoms with van der Waals surface area (Å²) < 4.78 is 29.0. The van der Waals surface area contributed by atoms with Gasteiger partial charge < -0.3 is 15.0 Å². The minimum Gasteiger partial charge on any atom is -0.481 e. The van der Waals surface area contributed by atoms with Crippen molar-refractivity contribution in [1.29, 1.82) is 0 Å². The fraction of sp³-hybridized carbons (Fsp3) is 0.318. The average molecular weight is 550 g/mol. The SMILES string of the molecule is COc1ccc(NS(O)(O)c2ccc(N3CCN(Cc4cnc(NC(C)=O)s4)CC3)c([N+](=O)[O-])c2)cn1. The number of ether oxygens (including phenoxy) is 1. The number of aromatic nitrogens is 2. The van der Waals surface area contributed by atoms with Gasteiger partial charge in [0.2, 0.25) is 11.8 Å². The number of hydrogen-bond donors (Lipinski definition) is 4. The number of carbonyl (C=O) groups is 1. The van der Waals surface area contributed by atoms with Gasteiger partial charge in [-0.1, -0.05) is 10.8 Å². The predicted molar refractivity (Wildman–Crippen MR) is 143 cm³/mol. The Balaban J connectivity index is 1.43. The van der Waals surface area contributed by atoms with Crippen molar-refractivity contribution in [3.05, 3.63) is 57.7 Å². The van der Waals surface area contributed by atoms with Gasteiger partial charge in [-0.15, -0.1) is 11.3 Å². The highest BCUT2D eigenvalue weighted by Gasteiger charge is 2.27. The molecule has 1 aromatic carbocycles. The molecule has 2 aromatic heterocycles. The van der Waals surface area contributed by atoms with E-state index >= 15 is 0 Å². The first-order valence-electron chi connectivity index (χ1n) is 11.2. The number of benzene rings is 1. The number of amides is 1. The van der Waals surface area contributed by atoms with Gasteiger partial charge in [0.1, 0.15) is 5.69 Å². The van der Waals surface area contributed by atoms with E-state index in [0.29, 0.717) is 55.1 Å². The molecule has 37 heavy (non-hydrogen) atoms. The Morgan fingerprint density at radius 1 is 1.19 bits per heavy atom. The van der Waals surface area contributed by atoms with Gasteiger partial charge in [0.25, 0.3) is 5.69 Å². The molecule has 1 aliphatic rings. The molecular weight excluding hydrogens is 522 g/mol. The maximum atomic E-state index is 11.9. The van der Waals surface area contributed by atoms with E-state index in [4.69, 9.17) is 4.74 Å². The molecule has 0 bridgehead atoms. The number of nitro groups is 1. The third kappa shape index (κ3) is 6.64. The number of carbonyl (C=O) groups excluding carboxylic acids is 1. The highest BCUT2D eigenvalue weighted by Crippen LogP contribution is 2.50. The normalized spacial score (nSPS) is 14.8. The lowest BCUT2D eigenvalue weighted by molar-refractivity contribution is -0.384. The van der Waals surface area contributed by atoms with Gasteiger partial charge in [0.15, 0.2) is 5.13 Å². The number of piperazine rings is 1. The Morgan fingerprint density at radius 3 is 2.57 bits per heavy atom. The summed E-state index contributed by atoms with van der Waals surface area (Å²) in [6.45, 7) is 4.57. The molecule has 0 saturated carbocycles. The van der Waals surface area contributed by atoms with E-state index in [-0.39, 0.29) is 16.5 Å². The molecule has 1 saturated heterocycles. The summed E-state index contributed by atoms with van der Waals surface area (Å²) >= 11 is 1.42. The fourth-order valence-corrected chi connectivity index (χ4v) is 5.84. The lowest BCUT2D eigenvalue weighted by atomic mass is 10.2. The smallest absolute Gasteiger partial charge is 0.294 e. The number of rotatable bonds is 9. The van der Waals surface area contributed by atoms with E-state index in [1.165, 1.54) is 43.7 Å². The quantitative estimate of drug-likeness (QED) is 0.226. The minimum atomic E-state index is -3.58. The van der Waals surface area contributed by atoms with Crippen LogP contribution in [-0.2, 0) is 11.3 Å². The van der Waals surface area contributed by atoms with Crippen molar-refractivity contribution in [3.63, 3.8) is 0 Å². The third-order valence-electron chi connectivity index (χ3n) is 5.61. The Labute approximate surface area is 218 Å². The highest BCUT2D eigenvalue weighted by molar-refractivity contribution is 8.25. The maximum absolute atomic E-state index is 11.9. The Hall–Kier alpha value is -3.50. The Bertz CT molecular complexity index is 1260. The van der Waals surface area contributed by atoms with Crippen molar-refractivity contribution in [2.45, 2.75) is 18.4 Å². The number of thiazole rings is 1. The first-order chi connectivity index (χ1) is 17.6. The van der Waals surface area contributed by atoms with Crippen LogP contribution >= 0.6 is 22.1 Å². The molecule has 0 unspecified atom stereocenters. The number of anilines is 3. The van der Waals surface area contributed by atoms with Gasteiger partial charge in [0.05, 0.1) is 28.8 Å². The summed E-state index contributed by atoms with van der Waals surface area (Å²) in [5, 5.41) is 15.1. The standard InChI is InChI=1S/C22H27N7O6S2/c1-15(30)25-22-24-13-17(36-22)14-27-7-9-28(10-8-27)19-5-4-18(11-20(19)29(31)32)37(33,34)26-16-3-6-21(35-2)23-12-16/h3-6,11-13,26,33-34H,7-10,14H2,1-2H3,(H,24,25,30). The molecule has 4 N–H and O–H groups in total. The van der Waals surface area contributed by atoms with Crippen molar-refractivity contribution in [2.24, 2.45) is 0 Å². The summed E-state index contributed by atoms with van der Waals surface area (Å²) in [5.41, 5.74) is 0.539. The number of nitrogens with zero attached hydrogens (tertiary/aromatic N) is 5. The number of nitro benzene ring substituents is 1. The molecule has 0 atom stereocenters. The van der Waals surface area contributed by atoms with Crippen LogP contribution < -0.4 is 19.7 Å². The molecule has 1 aliphatic heterocycles. The fourth-order valence-electron chi connectivity index (χ4n) is 3.83. The molecule has 1 amide bonds. The maximum Gasteiger partial charge on any atom is 0.294 e. The Kier molecular flexibility index (Phi) is 8.09. The lowest BCUT2D eigenvalue weighted by Crippen LogP contribution is -2.46. The Morgan fingerprint density at radius 2 is 1.95 bits per heavy atom. The summed E-state index contributed by atoms with van der Waals surface area (Å²) in [7, 11) is -2.11. The predicted octanol–water partition coefficient (Wildman–Crippen LogP) is 3.87. The first kappa shape index (κ1) is 26.6. The van der Waals surface area contributed by atoms with Crippen LogP contribution in [0.15, 0.2) is 47.6 Å².